The number of aliphatic hydroxyl groups is 1. The monoisotopic (exact) mass is 631 g/mol. The first-order valence-electron chi connectivity index (χ1n) is 12.9. The highest BCUT2D eigenvalue weighted by Gasteiger charge is 2.65. The van der Waals surface area contributed by atoms with Gasteiger partial charge in [-0.15, -0.1) is 0 Å². The van der Waals surface area contributed by atoms with Crippen LogP contribution in [0.15, 0.2) is 36.4 Å². The third-order valence-electron chi connectivity index (χ3n) is 7.42. The topological polar surface area (TPSA) is 154 Å². The number of aliphatic hydroxyl groups excluding tert-OH is 1. The Morgan fingerprint density at radius 1 is 1.24 bits per heavy atom. The van der Waals surface area contributed by atoms with E-state index in [4.69, 9.17) is 27.8 Å². The third kappa shape index (κ3) is 6.53. The molecule has 0 bridgehead atoms. The number of rotatable bonds is 9. The summed E-state index contributed by atoms with van der Waals surface area (Å²) < 4.78 is 50.4. The summed E-state index contributed by atoms with van der Waals surface area (Å²) >= 11 is 12.4. The average Bonchev–Trinajstić information content (AvgIpc) is 3.32. The van der Waals surface area contributed by atoms with Crippen LogP contribution < -0.4 is 16.0 Å². The largest absolute Gasteiger partial charge is 0.397 e. The van der Waals surface area contributed by atoms with Gasteiger partial charge in [0.2, 0.25) is 11.8 Å². The Bertz CT molecular complexity index is 1450. The van der Waals surface area contributed by atoms with Gasteiger partial charge in [-0.25, -0.2) is 8.57 Å². The van der Waals surface area contributed by atoms with E-state index in [1.165, 1.54) is 12.1 Å². The van der Waals surface area contributed by atoms with Gasteiger partial charge >= 0.3 is 10.4 Å². The summed E-state index contributed by atoms with van der Waals surface area (Å²) in [6, 6.07) is 7.74. The maximum atomic E-state index is 15.0. The predicted molar refractivity (Wildman–Crippen MR) is 152 cm³/mol. The van der Waals surface area contributed by atoms with E-state index in [1.807, 2.05) is 20.8 Å². The number of benzene rings is 2. The van der Waals surface area contributed by atoms with Crippen LogP contribution in [0.25, 0.3) is 0 Å². The van der Waals surface area contributed by atoms with Crippen molar-refractivity contribution < 1.29 is 36.2 Å². The highest BCUT2D eigenvalue weighted by atomic mass is 35.5. The number of anilines is 1. The summed E-state index contributed by atoms with van der Waals surface area (Å²) in [5, 5.41) is 18.6. The zero-order chi connectivity index (χ0) is 30.3. The molecule has 1 spiro atoms. The van der Waals surface area contributed by atoms with E-state index in [0.717, 1.165) is 0 Å². The maximum absolute atomic E-state index is 15.0. The molecule has 5 unspecified atom stereocenters. The standard InChI is InChI=1S/C27H32Cl2FN3O7S/c1-26(2,3)12-21-27(17-10-19(30)18(29)11-20(17)32-25(27)36)22(14-5-4-6-15(28)9-14)23(33-21)24(35)31-8-7-16(13-34)40-41(37,38)39/h4-6,9-11,16,21-23,33-34H,7-8,12-13H2,1-3H3,(H,31,35)(H,32,36)(H,37,38,39). The van der Waals surface area contributed by atoms with Crippen LogP contribution in [0.4, 0.5) is 10.1 Å². The number of fused-ring (bicyclic) bond motifs is 2. The molecule has 2 heterocycles. The molecule has 1 fully saturated rings. The summed E-state index contributed by atoms with van der Waals surface area (Å²) in [5.74, 6) is -2.50. The Hall–Kier alpha value is -2.32. The lowest BCUT2D eigenvalue weighted by atomic mass is 9.62. The Labute approximate surface area is 247 Å². The molecular weight excluding hydrogens is 600 g/mol. The van der Waals surface area contributed by atoms with E-state index in [1.54, 1.807) is 24.3 Å². The Balaban J connectivity index is 1.79. The van der Waals surface area contributed by atoms with Crippen LogP contribution in [-0.2, 0) is 29.6 Å². The second-order valence-corrected chi connectivity index (χ2v) is 13.4. The lowest BCUT2D eigenvalue weighted by Gasteiger charge is -2.37. The van der Waals surface area contributed by atoms with Gasteiger partial charge in [-0.3, -0.25) is 14.1 Å². The van der Waals surface area contributed by atoms with Gasteiger partial charge in [-0.05, 0) is 53.6 Å². The van der Waals surface area contributed by atoms with Gasteiger partial charge in [0, 0.05) is 29.2 Å². The summed E-state index contributed by atoms with van der Waals surface area (Å²) in [6.45, 7) is 5.13. The molecule has 2 aliphatic heterocycles. The van der Waals surface area contributed by atoms with Crippen LogP contribution in [0.3, 0.4) is 0 Å². The molecule has 0 aromatic heterocycles. The van der Waals surface area contributed by atoms with Gasteiger partial charge in [0.1, 0.15) is 17.3 Å². The van der Waals surface area contributed by atoms with Crippen LogP contribution >= 0.6 is 23.2 Å². The van der Waals surface area contributed by atoms with E-state index in [9.17, 15) is 27.5 Å². The quantitative estimate of drug-likeness (QED) is 0.263. The van der Waals surface area contributed by atoms with Gasteiger partial charge < -0.3 is 21.1 Å². The number of carbonyl (C=O) groups excluding carboxylic acids is 2. The minimum Gasteiger partial charge on any atom is -0.394 e. The van der Waals surface area contributed by atoms with Crippen LogP contribution in [-0.4, -0.2) is 61.2 Å². The van der Waals surface area contributed by atoms with Crippen molar-refractivity contribution in [2.45, 2.75) is 63.1 Å². The zero-order valence-corrected chi connectivity index (χ0v) is 24.9. The summed E-state index contributed by atoms with van der Waals surface area (Å²) in [5.41, 5.74) is -0.452. The summed E-state index contributed by atoms with van der Waals surface area (Å²) in [4.78, 5) is 27.8. The average molecular weight is 633 g/mol. The third-order valence-corrected chi connectivity index (χ3v) is 8.46. The fourth-order valence-electron chi connectivity index (χ4n) is 5.94. The first kappa shape index (κ1) is 31.6. The predicted octanol–water partition coefficient (Wildman–Crippen LogP) is 3.57. The van der Waals surface area contributed by atoms with E-state index in [0.29, 0.717) is 28.3 Å². The first-order valence-corrected chi connectivity index (χ1v) is 15.1. The molecular formula is C27H32Cl2FN3O7S. The molecule has 224 valence electrons. The summed E-state index contributed by atoms with van der Waals surface area (Å²) in [7, 11) is -4.81. The van der Waals surface area contributed by atoms with Crippen molar-refractivity contribution in [2.24, 2.45) is 5.41 Å². The molecule has 0 radical (unpaired) electrons. The van der Waals surface area contributed by atoms with Gasteiger partial charge in [-0.1, -0.05) is 56.1 Å². The molecule has 0 saturated carbocycles. The fraction of sp³-hybridized carbons (Fsp3) is 0.481. The molecule has 2 aromatic rings. The highest BCUT2D eigenvalue weighted by Crippen LogP contribution is 2.57. The highest BCUT2D eigenvalue weighted by molar-refractivity contribution is 7.80. The van der Waals surface area contributed by atoms with E-state index in [2.05, 4.69) is 20.1 Å². The SMILES string of the molecule is CC(C)(C)CC1NC(C(=O)NCCC(CO)OS(=O)(=O)O)C(c2cccc(Cl)c2)C12C(=O)Nc1cc(Cl)c(F)cc12. The van der Waals surface area contributed by atoms with Gasteiger partial charge in [0.25, 0.3) is 0 Å². The van der Waals surface area contributed by atoms with Crippen LogP contribution in [0, 0.1) is 11.2 Å². The van der Waals surface area contributed by atoms with Crippen molar-refractivity contribution in [1.82, 2.24) is 10.6 Å². The molecule has 1 saturated heterocycles. The first-order chi connectivity index (χ1) is 19.1. The van der Waals surface area contributed by atoms with Gasteiger partial charge in [-0.2, -0.15) is 8.42 Å². The summed E-state index contributed by atoms with van der Waals surface area (Å²) in [6.07, 6.45) is -0.995. The molecule has 41 heavy (non-hydrogen) atoms. The second kappa shape index (κ2) is 11.8. The van der Waals surface area contributed by atoms with Crippen molar-refractivity contribution in [1.29, 1.82) is 0 Å². The normalized spacial score (nSPS) is 24.8. The number of hydrogen-bond acceptors (Lipinski definition) is 7. The lowest BCUT2D eigenvalue weighted by molar-refractivity contribution is -0.123. The Kier molecular flexibility index (Phi) is 9.06. The molecule has 10 nitrogen and oxygen atoms in total. The van der Waals surface area contributed by atoms with Crippen molar-refractivity contribution in [3.05, 3.63) is 63.4 Å². The van der Waals surface area contributed by atoms with Gasteiger partial charge in [0.15, 0.2) is 0 Å². The number of hydrogen-bond donors (Lipinski definition) is 5. The molecule has 2 aliphatic rings. The zero-order valence-electron chi connectivity index (χ0n) is 22.6. The number of halogens is 3. The van der Waals surface area contributed by atoms with Crippen molar-refractivity contribution in [2.75, 3.05) is 18.5 Å². The van der Waals surface area contributed by atoms with Crippen molar-refractivity contribution in [3.8, 4) is 0 Å². The van der Waals surface area contributed by atoms with Crippen molar-refractivity contribution in [3.63, 3.8) is 0 Å². The second-order valence-electron chi connectivity index (χ2n) is 11.5. The Morgan fingerprint density at radius 2 is 1.95 bits per heavy atom. The molecule has 5 atom stereocenters. The molecule has 4 rings (SSSR count). The number of carbonyl (C=O) groups is 2. The van der Waals surface area contributed by atoms with E-state index < -0.39 is 64.2 Å². The van der Waals surface area contributed by atoms with Crippen molar-refractivity contribution >= 4 is 51.1 Å². The molecule has 2 amide bonds. The van der Waals surface area contributed by atoms with Crippen LogP contribution in [0.5, 0.6) is 0 Å². The number of amides is 2. The smallest absolute Gasteiger partial charge is 0.394 e. The minimum atomic E-state index is -4.81. The lowest BCUT2D eigenvalue weighted by Crippen LogP contribution is -2.49. The molecule has 2 aromatic carbocycles. The van der Waals surface area contributed by atoms with E-state index >= 15 is 0 Å². The number of nitrogens with one attached hydrogen (secondary N) is 3. The van der Waals surface area contributed by atoms with Crippen LogP contribution in [0.2, 0.25) is 10.0 Å². The molecule has 14 heteroatoms. The van der Waals surface area contributed by atoms with E-state index in [-0.39, 0.29) is 23.4 Å². The fourth-order valence-corrected chi connectivity index (χ4v) is 6.81. The molecule has 5 N–H and O–H groups in total. The maximum Gasteiger partial charge on any atom is 0.397 e. The molecule has 0 aliphatic carbocycles. The van der Waals surface area contributed by atoms with Crippen LogP contribution in [0.1, 0.15) is 50.7 Å². The Morgan fingerprint density at radius 3 is 2.56 bits per heavy atom. The van der Waals surface area contributed by atoms with Gasteiger partial charge in [0.05, 0.1) is 17.7 Å². The minimum absolute atomic E-state index is 0.121.